The second kappa shape index (κ2) is 11.9. The van der Waals surface area contributed by atoms with Crippen molar-refractivity contribution in [1.82, 2.24) is 0 Å². The number of carbonyl (C=O) groups is 2. The fourth-order valence-corrected chi connectivity index (χ4v) is 3.76. The zero-order valence-corrected chi connectivity index (χ0v) is 21.7. The highest BCUT2D eigenvalue weighted by molar-refractivity contribution is 5.88. The van der Waals surface area contributed by atoms with E-state index in [1.165, 1.54) is 21.0 Å². The van der Waals surface area contributed by atoms with Gasteiger partial charge < -0.3 is 38.3 Å². The zero-order chi connectivity index (χ0) is 26.5. The second-order valence-electron chi connectivity index (χ2n) is 9.09. The normalized spacial score (nSPS) is 21.6. The molecule has 10 heteroatoms. The van der Waals surface area contributed by atoms with Gasteiger partial charge in [-0.3, -0.25) is 0 Å². The van der Waals surface area contributed by atoms with Crippen LogP contribution in [0.25, 0.3) is 0 Å². The summed E-state index contributed by atoms with van der Waals surface area (Å²) in [5.41, 5.74) is -1.12. The highest BCUT2D eigenvalue weighted by atomic mass is 16.7. The average Bonchev–Trinajstić information content (AvgIpc) is 3.35. The van der Waals surface area contributed by atoms with Gasteiger partial charge in [-0.25, -0.2) is 9.59 Å². The quantitative estimate of drug-likeness (QED) is 0.371. The van der Waals surface area contributed by atoms with E-state index < -0.39 is 42.1 Å². The number of aliphatic hydroxyl groups is 1. The van der Waals surface area contributed by atoms with Gasteiger partial charge in [-0.05, 0) is 71.6 Å². The van der Waals surface area contributed by atoms with Crippen molar-refractivity contribution in [3.8, 4) is 17.2 Å². The van der Waals surface area contributed by atoms with E-state index in [2.05, 4.69) is 0 Å². The van der Waals surface area contributed by atoms with Gasteiger partial charge in [0.25, 0.3) is 0 Å². The molecule has 2 aliphatic heterocycles. The summed E-state index contributed by atoms with van der Waals surface area (Å²) in [4.78, 5) is 25.2. The lowest BCUT2D eigenvalue weighted by molar-refractivity contribution is -0.221. The Labute approximate surface area is 211 Å². The van der Waals surface area contributed by atoms with Gasteiger partial charge in [0.05, 0.1) is 7.11 Å². The van der Waals surface area contributed by atoms with Crippen LogP contribution in [-0.2, 0) is 28.5 Å². The smallest absolute Gasteiger partial charge is 0.342 e. The molecule has 0 aliphatic carbocycles. The molecule has 0 radical (unpaired) electrons. The highest BCUT2D eigenvalue weighted by Crippen LogP contribution is 2.44. The lowest BCUT2D eigenvalue weighted by atomic mass is 9.99. The standard InChI is InChI=1S/C26H36O10/c1-7-15(2)24(27)35-17(4)26(5,29)25(28)34-16(3)22(36-21-10-8-9-11-31-21)18-12-19(30-6)23-20(13-18)32-14-33-23/h7,12-13,16-17,21-22,29H,8-11,14H2,1-6H3/b15-7-/t16-,17-,21?,22-,26+/m0/s1. The Morgan fingerprint density at radius 2 is 1.94 bits per heavy atom. The van der Waals surface area contributed by atoms with E-state index in [0.29, 0.717) is 41.4 Å². The van der Waals surface area contributed by atoms with E-state index >= 15 is 0 Å². The third-order valence-electron chi connectivity index (χ3n) is 6.41. The molecular formula is C26H36O10. The summed E-state index contributed by atoms with van der Waals surface area (Å²) in [7, 11) is 1.51. The summed E-state index contributed by atoms with van der Waals surface area (Å²) < 4.78 is 39.4. The number of methoxy groups -OCH3 is 1. The number of carbonyl (C=O) groups excluding carboxylic acids is 2. The molecule has 10 nitrogen and oxygen atoms in total. The van der Waals surface area contributed by atoms with Crippen molar-refractivity contribution < 1.29 is 47.9 Å². The van der Waals surface area contributed by atoms with Gasteiger partial charge >= 0.3 is 11.9 Å². The molecule has 0 amide bonds. The average molecular weight is 509 g/mol. The van der Waals surface area contributed by atoms with Crippen LogP contribution in [0.3, 0.4) is 0 Å². The monoisotopic (exact) mass is 508 g/mol. The van der Waals surface area contributed by atoms with Crippen molar-refractivity contribution in [3.05, 3.63) is 29.3 Å². The second-order valence-corrected chi connectivity index (χ2v) is 9.09. The van der Waals surface area contributed by atoms with Crippen LogP contribution >= 0.6 is 0 Å². The molecule has 1 N–H and O–H groups in total. The number of fused-ring (bicyclic) bond motifs is 1. The first kappa shape index (κ1) is 27.8. The number of ether oxygens (including phenoxy) is 7. The Morgan fingerprint density at radius 1 is 1.19 bits per heavy atom. The van der Waals surface area contributed by atoms with Crippen LogP contribution < -0.4 is 14.2 Å². The minimum Gasteiger partial charge on any atom is -0.493 e. The maximum absolute atomic E-state index is 13.0. The molecule has 1 fully saturated rings. The van der Waals surface area contributed by atoms with Gasteiger partial charge in [-0.1, -0.05) is 6.08 Å². The maximum atomic E-state index is 13.0. The molecule has 2 heterocycles. The van der Waals surface area contributed by atoms with Gasteiger partial charge in [-0.2, -0.15) is 0 Å². The molecule has 1 aromatic carbocycles. The Bertz CT molecular complexity index is 964. The fourth-order valence-electron chi connectivity index (χ4n) is 3.76. The summed E-state index contributed by atoms with van der Waals surface area (Å²) in [6.07, 6.45) is 0.863. The molecule has 2 aliphatic rings. The van der Waals surface area contributed by atoms with Crippen molar-refractivity contribution in [2.45, 2.75) is 84.1 Å². The molecule has 1 aromatic rings. The van der Waals surface area contributed by atoms with Crippen LogP contribution in [0.15, 0.2) is 23.8 Å². The van der Waals surface area contributed by atoms with Gasteiger partial charge in [-0.15, -0.1) is 0 Å². The number of hydrogen-bond donors (Lipinski definition) is 1. The Hall–Kier alpha value is -2.82. The Balaban J connectivity index is 1.82. The zero-order valence-electron chi connectivity index (χ0n) is 21.7. The maximum Gasteiger partial charge on any atom is 0.342 e. The van der Waals surface area contributed by atoms with Crippen LogP contribution in [0.2, 0.25) is 0 Å². The molecule has 0 bridgehead atoms. The summed E-state index contributed by atoms with van der Waals surface area (Å²) in [6.45, 7) is 8.23. The number of hydrogen-bond acceptors (Lipinski definition) is 10. The largest absolute Gasteiger partial charge is 0.493 e. The van der Waals surface area contributed by atoms with Crippen LogP contribution in [0.4, 0.5) is 0 Å². The number of rotatable bonds is 10. The first-order chi connectivity index (χ1) is 17.1. The van der Waals surface area contributed by atoms with Crippen molar-refractivity contribution in [2.75, 3.05) is 20.5 Å². The molecule has 0 saturated carbocycles. The van der Waals surface area contributed by atoms with Gasteiger partial charge in [0.2, 0.25) is 12.5 Å². The van der Waals surface area contributed by atoms with Gasteiger partial charge in [0.1, 0.15) is 18.3 Å². The van der Waals surface area contributed by atoms with Crippen molar-refractivity contribution >= 4 is 11.9 Å². The minimum absolute atomic E-state index is 0.0586. The summed E-state index contributed by atoms with van der Waals surface area (Å²) in [5, 5.41) is 10.9. The van der Waals surface area contributed by atoms with Crippen molar-refractivity contribution in [2.24, 2.45) is 0 Å². The molecule has 0 aromatic heterocycles. The SMILES string of the molecule is C/C=C(/C)C(=O)O[C@@H](C)[C@@](C)(O)C(=O)O[C@@H](C)[C@H](OC1CCCCO1)c1cc(OC)c2c(c1)OCO2. The molecule has 1 unspecified atom stereocenters. The lowest BCUT2D eigenvalue weighted by Gasteiger charge is -2.33. The van der Waals surface area contributed by atoms with Gasteiger partial charge in [0.15, 0.2) is 23.4 Å². The first-order valence-corrected chi connectivity index (χ1v) is 12.1. The summed E-state index contributed by atoms with van der Waals surface area (Å²) in [5.74, 6) is -0.182. The van der Waals surface area contributed by atoms with E-state index in [1.54, 1.807) is 39.0 Å². The van der Waals surface area contributed by atoms with Crippen molar-refractivity contribution in [1.29, 1.82) is 0 Å². The van der Waals surface area contributed by atoms with E-state index in [1.807, 2.05) is 0 Å². The molecule has 1 saturated heterocycles. The number of benzene rings is 1. The fraction of sp³-hybridized carbons (Fsp3) is 0.615. The van der Waals surface area contributed by atoms with Crippen LogP contribution in [0.1, 0.15) is 65.5 Å². The number of esters is 2. The van der Waals surface area contributed by atoms with Crippen LogP contribution in [0, 0.1) is 0 Å². The highest BCUT2D eigenvalue weighted by Gasteiger charge is 2.43. The van der Waals surface area contributed by atoms with Crippen molar-refractivity contribution in [3.63, 3.8) is 0 Å². The Kier molecular flexibility index (Phi) is 9.21. The Morgan fingerprint density at radius 3 is 2.58 bits per heavy atom. The van der Waals surface area contributed by atoms with E-state index in [0.717, 1.165) is 12.8 Å². The third-order valence-corrected chi connectivity index (χ3v) is 6.41. The molecule has 3 rings (SSSR count). The molecule has 200 valence electrons. The lowest BCUT2D eigenvalue weighted by Crippen LogP contribution is -2.50. The minimum atomic E-state index is -2.10. The van der Waals surface area contributed by atoms with Gasteiger partial charge in [0, 0.05) is 12.2 Å². The first-order valence-electron chi connectivity index (χ1n) is 12.1. The van der Waals surface area contributed by atoms with Crippen LogP contribution in [0.5, 0.6) is 17.2 Å². The number of allylic oxidation sites excluding steroid dienone is 1. The van der Waals surface area contributed by atoms with Crippen LogP contribution in [-0.4, -0.2) is 61.7 Å². The molecule has 0 spiro atoms. The summed E-state index contributed by atoms with van der Waals surface area (Å²) in [6, 6.07) is 3.47. The van der Waals surface area contributed by atoms with E-state index in [9.17, 15) is 14.7 Å². The van der Waals surface area contributed by atoms with E-state index in [4.69, 9.17) is 33.2 Å². The third kappa shape index (κ3) is 6.29. The molecule has 36 heavy (non-hydrogen) atoms. The summed E-state index contributed by atoms with van der Waals surface area (Å²) >= 11 is 0. The molecular weight excluding hydrogens is 472 g/mol. The molecule has 5 atom stereocenters. The van der Waals surface area contributed by atoms with E-state index in [-0.39, 0.29) is 6.79 Å². The predicted octanol–water partition coefficient (Wildman–Crippen LogP) is 3.59. The topological polar surface area (TPSA) is 119 Å². The predicted molar refractivity (Wildman–Crippen MR) is 128 cm³/mol.